The van der Waals surface area contributed by atoms with Crippen LogP contribution < -0.4 is 10.5 Å². The van der Waals surface area contributed by atoms with E-state index in [1.165, 1.54) is 5.56 Å². The molecule has 0 fully saturated rings. The highest BCUT2D eigenvalue weighted by Crippen LogP contribution is 2.47. The molecule has 2 heteroatoms. The Hall–Kier alpha value is -1.96. The van der Waals surface area contributed by atoms with E-state index < -0.39 is 0 Å². The van der Waals surface area contributed by atoms with E-state index in [0.717, 1.165) is 17.2 Å². The van der Waals surface area contributed by atoms with Gasteiger partial charge in [0.15, 0.2) is 0 Å². The van der Waals surface area contributed by atoms with Crippen LogP contribution in [0.15, 0.2) is 48.5 Å². The zero-order valence-electron chi connectivity index (χ0n) is 15.2. The lowest BCUT2D eigenvalue weighted by atomic mass is 9.64. The Bertz CT molecular complexity index is 614. The van der Waals surface area contributed by atoms with Crippen molar-refractivity contribution in [1.29, 1.82) is 0 Å². The van der Waals surface area contributed by atoms with Gasteiger partial charge in [-0.3, -0.25) is 0 Å². The van der Waals surface area contributed by atoms with E-state index >= 15 is 0 Å². The molecule has 2 nitrogen and oxygen atoms in total. The number of nitrogen functional groups attached to an aromatic ring is 1. The first kappa shape index (κ1) is 17.4. The maximum absolute atomic E-state index is 5.88. The first-order valence-corrected chi connectivity index (χ1v) is 8.21. The molecule has 0 saturated carbocycles. The number of rotatable bonds is 3. The van der Waals surface area contributed by atoms with Crippen LogP contribution in [0.2, 0.25) is 0 Å². The Labute approximate surface area is 140 Å². The third-order valence-corrected chi connectivity index (χ3v) is 4.06. The average molecular weight is 311 g/mol. The number of ether oxygens (including phenoxy) is 1. The highest BCUT2D eigenvalue weighted by atomic mass is 16.5. The summed E-state index contributed by atoms with van der Waals surface area (Å²) in [6.45, 7) is 13.8. The molecule has 2 rings (SSSR count). The van der Waals surface area contributed by atoms with E-state index in [1.807, 2.05) is 24.3 Å². The molecule has 0 aliphatic carbocycles. The fraction of sp³-hybridized carbons (Fsp3) is 0.429. The number of hydrogen-bond donors (Lipinski definition) is 1. The first-order valence-electron chi connectivity index (χ1n) is 8.21. The highest BCUT2D eigenvalue weighted by molar-refractivity contribution is 5.43. The molecule has 2 aromatic carbocycles. The summed E-state index contributed by atoms with van der Waals surface area (Å²) in [4.78, 5) is 0. The fourth-order valence-electron chi connectivity index (χ4n) is 3.70. The Morgan fingerprint density at radius 1 is 0.696 bits per heavy atom. The zero-order chi connectivity index (χ0) is 17.3. The van der Waals surface area contributed by atoms with Crippen molar-refractivity contribution in [3.05, 3.63) is 54.1 Å². The van der Waals surface area contributed by atoms with Gasteiger partial charge >= 0.3 is 0 Å². The quantitative estimate of drug-likeness (QED) is 0.681. The lowest BCUT2D eigenvalue weighted by Crippen LogP contribution is -2.30. The minimum Gasteiger partial charge on any atom is -0.457 e. The molecule has 0 radical (unpaired) electrons. The molecule has 0 unspecified atom stereocenters. The van der Waals surface area contributed by atoms with Crippen LogP contribution in [-0.2, 0) is 0 Å². The number of hydrogen-bond acceptors (Lipinski definition) is 2. The van der Waals surface area contributed by atoms with Crippen LogP contribution in [-0.4, -0.2) is 0 Å². The van der Waals surface area contributed by atoms with Gasteiger partial charge in [-0.2, -0.15) is 0 Å². The Morgan fingerprint density at radius 2 is 1.09 bits per heavy atom. The van der Waals surface area contributed by atoms with Gasteiger partial charge < -0.3 is 10.5 Å². The van der Waals surface area contributed by atoms with Gasteiger partial charge in [0.05, 0.1) is 0 Å². The summed E-state index contributed by atoms with van der Waals surface area (Å²) < 4.78 is 5.88. The molecule has 0 amide bonds. The monoisotopic (exact) mass is 311 g/mol. The van der Waals surface area contributed by atoms with Crippen LogP contribution in [0, 0.1) is 10.8 Å². The molecule has 23 heavy (non-hydrogen) atoms. The molecule has 2 N–H and O–H groups in total. The standard InChI is InChI=1S/C21H29NO/c1-20(2,3)19(21(4,5)6)15-7-11-17(12-8-15)23-18-13-9-16(22)10-14-18/h7-14,19H,22H2,1-6H3. The largest absolute Gasteiger partial charge is 0.457 e. The lowest BCUT2D eigenvalue weighted by molar-refractivity contribution is 0.176. The summed E-state index contributed by atoms with van der Waals surface area (Å²) in [5, 5.41) is 0. The third kappa shape index (κ3) is 4.51. The Kier molecular flexibility index (Phi) is 4.74. The van der Waals surface area contributed by atoms with Crippen LogP contribution >= 0.6 is 0 Å². The van der Waals surface area contributed by atoms with E-state index in [2.05, 4.69) is 65.8 Å². The van der Waals surface area contributed by atoms with Gasteiger partial charge in [0.2, 0.25) is 0 Å². The predicted molar refractivity (Wildman–Crippen MR) is 99.0 cm³/mol. The number of anilines is 1. The van der Waals surface area contributed by atoms with Crippen molar-refractivity contribution in [1.82, 2.24) is 0 Å². The Balaban J connectivity index is 2.22. The normalized spacial score (nSPS) is 12.5. The van der Waals surface area contributed by atoms with Crippen LogP contribution in [0.1, 0.15) is 53.0 Å². The van der Waals surface area contributed by atoms with Gasteiger partial charge in [-0.15, -0.1) is 0 Å². The van der Waals surface area contributed by atoms with Crippen LogP contribution in [0.5, 0.6) is 11.5 Å². The van der Waals surface area contributed by atoms with Crippen LogP contribution in [0.25, 0.3) is 0 Å². The van der Waals surface area contributed by atoms with Gasteiger partial charge in [-0.25, -0.2) is 0 Å². The molecular weight excluding hydrogens is 282 g/mol. The van der Waals surface area contributed by atoms with Gasteiger partial charge in [0.1, 0.15) is 11.5 Å². The van der Waals surface area contributed by atoms with Crippen molar-refractivity contribution in [2.24, 2.45) is 10.8 Å². The second-order valence-electron chi connectivity index (χ2n) is 8.41. The molecule has 124 valence electrons. The average Bonchev–Trinajstić information content (AvgIpc) is 2.40. The van der Waals surface area contributed by atoms with Crippen molar-refractivity contribution in [3.8, 4) is 11.5 Å². The van der Waals surface area contributed by atoms with Crippen molar-refractivity contribution in [2.75, 3.05) is 5.73 Å². The molecule has 0 spiro atoms. The van der Waals surface area contributed by atoms with Crippen molar-refractivity contribution in [2.45, 2.75) is 47.5 Å². The topological polar surface area (TPSA) is 35.2 Å². The first-order chi connectivity index (χ1) is 10.6. The van der Waals surface area contributed by atoms with Crippen LogP contribution in [0.3, 0.4) is 0 Å². The van der Waals surface area contributed by atoms with Gasteiger partial charge in [-0.05, 0) is 58.7 Å². The smallest absolute Gasteiger partial charge is 0.127 e. The molecule has 0 aromatic heterocycles. The predicted octanol–water partition coefficient (Wildman–Crippen LogP) is 6.24. The SMILES string of the molecule is CC(C)(C)C(c1ccc(Oc2ccc(N)cc2)cc1)C(C)(C)C. The second-order valence-corrected chi connectivity index (χ2v) is 8.41. The van der Waals surface area contributed by atoms with E-state index in [1.54, 1.807) is 0 Å². The van der Waals surface area contributed by atoms with Crippen molar-refractivity contribution in [3.63, 3.8) is 0 Å². The minimum atomic E-state index is 0.206. The molecule has 0 saturated heterocycles. The zero-order valence-corrected chi connectivity index (χ0v) is 15.2. The molecule has 0 heterocycles. The lowest BCUT2D eigenvalue weighted by Gasteiger charge is -2.41. The van der Waals surface area contributed by atoms with E-state index in [9.17, 15) is 0 Å². The molecule has 0 aliphatic heterocycles. The van der Waals surface area contributed by atoms with Crippen LogP contribution in [0.4, 0.5) is 5.69 Å². The van der Waals surface area contributed by atoms with Gasteiger partial charge in [0, 0.05) is 5.69 Å². The second kappa shape index (κ2) is 6.27. The molecule has 0 bridgehead atoms. The van der Waals surface area contributed by atoms with E-state index in [0.29, 0.717) is 5.92 Å². The van der Waals surface area contributed by atoms with Crippen molar-refractivity contribution >= 4 is 5.69 Å². The fourth-order valence-corrected chi connectivity index (χ4v) is 3.70. The van der Waals surface area contributed by atoms with Crippen molar-refractivity contribution < 1.29 is 4.74 Å². The molecule has 0 atom stereocenters. The summed E-state index contributed by atoms with van der Waals surface area (Å²) >= 11 is 0. The number of benzene rings is 2. The highest BCUT2D eigenvalue weighted by Gasteiger charge is 2.35. The van der Waals surface area contributed by atoms with E-state index in [4.69, 9.17) is 10.5 Å². The Morgan fingerprint density at radius 3 is 1.48 bits per heavy atom. The van der Waals surface area contributed by atoms with Gasteiger partial charge in [-0.1, -0.05) is 53.7 Å². The van der Waals surface area contributed by atoms with E-state index in [-0.39, 0.29) is 10.8 Å². The minimum absolute atomic E-state index is 0.206. The summed E-state index contributed by atoms with van der Waals surface area (Å²) in [7, 11) is 0. The molecular formula is C21H29NO. The summed E-state index contributed by atoms with van der Waals surface area (Å²) in [6, 6.07) is 15.9. The number of nitrogens with two attached hydrogens (primary N) is 1. The van der Waals surface area contributed by atoms with Gasteiger partial charge in [0.25, 0.3) is 0 Å². The third-order valence-electron chi connectivity index (χ3n) is 4.06. The summed E-state index contributed by atoms with van der Waals surface area (Å²) in [5.74, 6) is 2.12. The molecule has 0 aliphatic rings. The molecule has 2 aromatic rings. The summed E-state index contributed by atoms with van der Waals surface area (Å²) in [5.41, 5.74) is 8.21. The maximum Gasteiger partial charge on any atom is 0.127 e. The summed E-state index contributed by atoms with van der Waals surface area (Å²) in [6.07, 6.45) is 0. The maximum atomic E-state index is 5.88.